The third kappa shape index (κ3) is 29.7. The van der Waals surface area contributed by atoms with Crippen LogP contribution in [0.3, 0.4) is 0 Å². The molecule has 25 nitrogen and oxygen atoms in total. The minimum absolute atomic E-state index is 0.109. The summed E-state index contributed by atoms with van der Waals surface area (Å²) in [6.07, 6.45) is 16.0. The van der Waals surface area contributed by atoms with Crippen molar-refractivity contribution in [3.05, 3.63) is 330 Å². The van der Waals surface area contributed by atoms with Crippen LogP contribution in [-0.4, -0.2) is 181 Å². The monoisotopic (exact) mass is 1810 g/mol. The van der Waals surface area contributed by atoms with E-state index in [4.69, 9.17) is 23.7 Å². The highest BCUT2D eigenvalue weighted by Gasteiger charge is 2.23. The number of carbonyl (C=O) groups excluding carboxylic acids is 2. The number of hydrogen-bond acceptors (Lipinski definition) is 18. The quantitative estimate of drug-likeness (QED) is 0.0210. The zero-order chi connectivity index (χ0) is 95.1. The number of rotatable bonds is 38. The van der Waals surface area contributed by atoms with E-state index >= 15 is 0 Å². The van der Waals surface area contributed by atoms with Crippen LogP contribution in [-0.2, 0) is 32.7 Å². The topological polar surface area (TPSA) is 279 Å². The fourth-order valence-electron chi connectivity index (χ4n) is 14.9. The van der Waals surface area contributed by atoms with E-state index in [1.165, 1.54) is 36.6 Å². The second kappa shape index (κ2) is 51.8. The number of halogens is 2. The van der Waals surface area contributed by atoms with E-state index in [2.05, 4.69) is 157 Å². The Morgan fingerprint density at radius 2 is 0.642 bits per heavy atom. The number of carbonyl (C=O) groups is 2. The van der Waals surface area contributed by atoms with Crippen LogP contribution in [0.5, 0.6) is 57.5 Å². The molecule has 15 aromatic rings. The summed E-state index contributed by atoms with van der Waals surface area (Å²) in [6, 6.07) is 75.5. The minimum atomic E-state index is -0.399. The van der Waals surface area contributed by atoms with E-state index in [0.717, 1.165) is 170 Å². The van der Waals surface area contributed by atoms with Gasteiger partial charge >= 0.3 is 0 Å². The molecule has 0 unspecified atom stereocenters. The van der Waals surface area contributed by atoms with Crippen molar-refractivity contribution in [2.45, 2.75) is 106 Å². The second-order valence-corrected chi connectivity index (χ2v) is 32.8. The highest BCUT2D eigenvalue weighted by Crippen LogP contribution is 2.38. The van der Waals surface area contributed by atoms with Gasteiger partial charge in [-0.25, -0.2) is 8.78 Å². The Morgan fingerprint density at radius 1 is 0.343 bits per heavy atom. The van der Waals surface area contributed by atoms with Crippen LogP contribution in [0, 0.1) is 23.0 Å². The first kappa shape index (κ1) is 99.9. The summed E-state index contributed by atoms with van der Waals surface area (Å²) in [5.41, 5.74) is 16.2. The Labute approximate surface area is 785 Å². The molecule has 0 fully saturated rings. The molecule has 0 spiro atoms. The average Bonchev–Trinajstić information content (AvgIpc) is 1.48. The predicted octanol–water partition coefficient (Wildman–Crippen LogP) is 23.2. The molecule has 6 N–H and O–H groups in total. The number of H-pyrrole nitrogens is 5. The summed E-state index contributed by atoms with van der Waals surface area (Å²) in [7, 11) is 15.6. The summed E-state index contributed by atoms with van der Waals surface area (Å²) < 4.78 is 56.5. The summed E-state index contributed by atoms with van der Waals surface area (Å²) in [6.45, 7) is 20.0. The highest BCUT2D eigenvalue weighted by atomic mass is 19.1. The average molecular weight is 1810 g/mol. The largest absolute Gasteiger partial charge is 0.457 e. The molecule has 2 amide bonds. The highest BCUT2D eigenvalue weighted by molar-refractivity contribution is 5.99. The molecule has 5 heterocycles. The van der Waals surface area contributed by atoms with Gasteiger partial charge in [-0.3, -0.25) is 35.1 Å². The van der Waals surface area contributed by atoms with E-state index < -0.39 is 5.82 Å². The van der Waals surface area contributed by atoms with Gasteiger partial charge in [0.25, 0.3) is 11.8 Å². The first-order valence-corrected chi connectivity index (χ1v) is 45.2. The molecule has 0 saturated heterocycles. The number of aromatic nitrogens is 10. The molecule has 5 aromatic heterocycles. The Morgan fingerprint density at radius 3 is 0.993 bits per heavy atom. The number of aromatic amines is 5. The molecule has 0 aliphatic rings. The summed E-state index contributed by atoms with van der Waals surface area (Å²) >= 11 is 0. The Kier molecular flexibility index (Phi) is 38.6. The van der Waals surface area contributed by atoms with Crippen molar-refractivity contribution < 1.29 is 42.1 Å². The smallest absolute Gasteiger partial charge is 0.257 e. The number of ether oxygens (including phenoxy) is 5. The Bertz CT molecular complexity index is 6120. The normalized spacial score (nSPS) is 10.9. The lowest BCUT2D eigenvalue weighted by atomic mass is 10.0. The fraction of sp³-hybridized carbons (Fsp3) is 0.271. The lowest BCUT2D eigenvalue weighted by Gasteiger charge is -2.17. The van der Waals surface area contributed by atoms with E-state index in [9.17, 15) is 23.6 Å². The summed E-state index contributed by atoms with van der Waals surface area (Å²) in [4.78, 5) is 38.2. The molecular formula is C107H122F2N18O7. The third-order valence-corrected chi connectivity index (χ3v) is 21.4. The van der Waals surface area contributed by atoms with Crippen molar-refractivity contribution in [1.29, 1.82) is 5.26 Å². The molecule has 696 valence electrons. The maximum Gasteiger partial charge on any atom is 0.257 e. The predicted molar refractivity (Wildman–Crippen MR) is 526 cm³/mol. The second-order valence-electron chi connectivity index (χ2n) is 32.8. The number of hydrogen-bond donors (Lipinski definition) is 6. The summed E-state index contributed by atoms with van der Waals surface area (Å²) in [5, 5.41) is 48.5. The van der Waals surface area contributed by atoms with Crippen molar-refractivity contribution in [3.63, 3.8) is 0 Å². The van der Waals surface area contributed by atoms with Gasteiger partial charge in [-0.1, -0.05) is 114 Å². The molecule has 0 radical (unpaired) electrons. The lowest BCUT2D eigenvalue weighted by Crippen LogP contribution is -2.22. The number of nitriles is 1. The van der Waals surface area contributed by atoms with Gasteiger partial charge in [0.1, 0.15) is 63.6 Å². The standard InChI is InChI=1S/C23H28N4O2.C22H26N4O2.C22H24N4O.2C20H22FN3O/c1-5-13-27(4)16-18-15-24-25-22(18)17-11-12-21(20(14-17)23(28)26(2)3)29-19-9-7-6-8-10-19;1-4-12-26(3)15-17-14-24-25-21(17)16-10-11-20(19(13-16)22(27)23-2)28-18-8-6-5-7-9-18;1-3-4-12-26(2)16-19-15-24-25-22(19)17-10-11-21(18(13-17)14-23)27-20-8-6-5-7-9-20;1-3-12-24(2)14-16-13-22-23-20(16)15-4-8-18(9-5-15)25-19-10-6-17(21)7-11-19;1-3-11-24(2)14-16-13-22-23-20(16)15-9-10-19(18(21)12-15)25-17-7-5-4-6-8-17/h6-12,14-15H,5,13,16H2,1-4H3,(H,24,25);5-11,13-14H,4,12,15H2,1-3H3,(H,23,27)(H,24,25);5-11,13,15H,3-4,12,16H2,1-2H3,(H,24,25);4-11,13H,3,12,14H2,1-2H3,(H,22,23);4-10,12-13H,3,11,14H2,1-2H3,(H,22,23). The first-order valence-electron chi connectivity index (χ1n) is 45.2. The van der Waals surface area contributed by atoms with E-state index in [1.54, 1.807) is 62.6 Å². The Balaban J connectivity index is 0.000000161. The molecule has 0 aliphatic heterocycles. The summed E-state index contributed by atoms with van der Waals surface area (Å²) in [5.74, 6) is 4.83. The molecule has 27 heteroatoms. The molecule has 0 saturated carbocycles. The number of para-hydroxylation sites is 4. The first-order chi connectivity index (χ1) is 65.1. The zero-order valence-corrected chi connectivity index (χ0v) is 78.8. The van der Waals surface area contributed by atoms with Crippen LogP contribution in [0.25, 0.3) is 56.3 Å². The molecule has 0 bridgehead atoms. The fourth-order valence-corrected chi connectivity index (χ4v) is 14.9. The maximum atomic E-state index is 14.5. The lowest BCUT2D eigenvalue weighted by molar-refractivity contribution is 0.0824. The van der Waals surface area contributed by atoms with Gasteiger partial charge in [-0.05, 0) is 270 Å². The van der Waals surface area contributed by atoms with E-state index in [-0.39, 0.29) is 23.4 Å². The van der Waals surface area contributed by atoms with Gasteiger partial charge in [0.2, 0.25) is 0 Å². The van der Waals surface area contributed by atoms with Crippen molar-refractivity contribution in [1.82, 2.24) is 85.7 Å². The number of amides is 2. The van der Waals surface area contributed by atoms with Gasteiger partial charge in [0, 0.05) is 110 Å². The van der Waals surface area contributed by atoms with Crippen LogP contribution in [0.4, 0.5) is 8.78 Å². The van der Waals surface area contributed by atoms with Crippen molar-refractivity contribution in [3.8, 4) is 120 Å². The van der Waals surface area contributed by atoms with Gasteiger partial charge in [-0.2, -0.15) is 30.8 Å². The van der Waals surface area contributed by atoms with E-state index in [0.29, 0.717) is 68.4 Å². The van der Waals surface area contributed by atoms with Gasteiger partial charge in [0.05, 0.1) is 76.1 Å². The SMILES string of the molecule is CCCCN(C)Cc1cn[nH]c1-c1ccc(Oc2ccccc2)c(C#N)c1.CCCN(C)Cc1cn[nH]c1-c1ccc(Oc2ccc(F)cc2)cc1.CCCN(C)Cc1cn[nH]c1-c1ccc(Oc2ccccc2)c(C(=O)N(C)C)c1.CCCN(C)Cc1cn[nH]c1-c1ccc(Oc2ccccc2)c(C(=O)NC)c1.CCCN(C)Cc1cn[nH]c1-c1ccc(Oc2ccccc2)c(F)c1. The van der Waals surface area contributed by atoms with Crippen molar-refractivity contribution >= 4 is 11.8 Å². The van der Waals surface area contributed by atoms with Gasteiger partial charge < -0.3 is 58.4 Å². The van der Waals surface area contributed by atoms with E-state index in [1.807, 2.05) is 219 Å². The molecule has 0 atom stereocenters. The molecule has 0 aliphatic carbocycles. The van der Waals surface area contributed by atoms with Crippen LogP contribution < -0.4 is 29.0 Å². The van der Waals surface area contributed by atoms with Crippen LogP contribution in [0.2, 0.25) is 0 Å². The van der Waals surface area contributed by atoms with Crippen LogP contribution in [0.1, 0.15) is 127 Å². The van der Waals surface area contributed by atoms with Crippen LogP contribution >= 0.6 is 0 Å². The number of benzene rings is 10. The maximum absolute atomic E-state index is 14.5. The number of unbranched alkanes of at least 4 members (excludes halogenated alkanes) is 1. The number of nitrogens with one attached hydrogen (secondary N) is 6. The third-order valence-electron chi connectivity index (χ3n) is 21.4. The number of nitrogens with zero attached hydrogens (tertiary/aromatic N) is 12. The van der Waals surface area contributed by atoms with Gasteiger partial charge in [-0.15, -0.1) is 0 Å². The molecular weight excluding hydrogens is 1690 g/mol. The van der Waals surface area contributed by atoms with Crippen molar-refractivity contribution in [2.24, 2.45) is 0 Å². The minimum Gasteiger partial charge on any atom is -0.457 e. The zero-order valence-electron chi connectivity index (χ0n) is 78.8. The van der Waals surface area contributed by atoms with Crippen LogP contribution in [0.15, 0.2) is 274 Å². The molecule has 134 heavy (non-hydrogen) atoms. The molecule has 15 rings (SSSR count). The Hall–Kier alpha value is -14.7. The molecule has 10 aromatic carbocycles. The van der Waals surface area contributed by atoms with Crippen molar-refractivity contribution in [2.75, 3.05) is 89.1 Å². The van der Waals surface area contributed by atoms with Gasteiger partial charge in [0.15, 0.2) is 11.6 Å².